The number of carbonyl (C=O) groups excluding carboxylic acids is 2. The van der Waals surface area contributed by atoms with Gasteiger partial charge in [-0.05, 0) is 55.0 Å². The topological polar surface area (TPSA) is 95.9 Å². The molecular formula is C27H29FN2O5. The van der Waals surface area contributed by atoms with Crippen LogP contribution in [0.5, 0.6) is 5.75 Å². The Hall–Kier alpha value is -3.52. The van der Waals surface area contributed by atoms with E-state index >= 15 is 0 Å². The molecule has 0 saturated carbocycles. The van der Waals surface area contributed by atoms with Gasteiger partial charge in [-0.2, -0.15) is 0 Å². The predicted molar refractivity (Wildman–Crippen MR) is 129 cm³/mol. The number of carboxylic acid groups (broad SMARTS) is 1. The predicted octanol–water partition coefficient (Wildman–Crippen LogP) is 3.47. The molecule has 4 rings (SSSR count). The molecule has 184 valence electrons. The summed E-state index contributed by atoms with van der Waals surface area (Å²) in [4.78, 5) is 37.4. The van der Waals surface area contributed by atoms with Crippen molar-refractivity contribution in [2.75, 3.05) is 19.7 Å². The number of hydrogen-bond donors (Lipinski definition) is 2. The molecule has 1 saturated heterocycles. The third-order valence-electron chi connectivity index (χ3n) is 6.57. The smallest absolute Gasteiger partial charge is 0.333 e. The van der Waals surface area contributed by atoms with Crippen LogP contribution in [0.25, 0.3) is 5.57 Å². The molecule has 2 bridgehead atoms. The van der Waals surface area contributed by atoms with Crippen LogP contribution in [0.15, 0.2) is 48.0 Å². The van der Waals surface area contributed by atoms with Crippen molar-refractivity contribution >= 4 is 23.2 Å². The Labute approximate surface area is 203 Å². The molecule has 35 heavy (non-hydrogen) atoms. The number of ketones is 1. The van der Waals surface area contributed by atoms with Gasteiger partial charge in [-0.3, -0.25) is 9.59 Å². The van der Waals surface area contributed by atoms with Gasteiger partial charge in [0.05, 0.1) is 23.8 Å². The van der Waals surface area contributed by atoms with Gasteiger partial charge in [0.15, 0.2) is 5.78 Å². The molecule has 2 heterocycles. The maximum Gasteiger partial charge on any atom is 0.333 e. The molecule has 1 amide bonds. The van der Waals surface area contributed by atoms with Gasteiger partial charge in [0.2, 0.25) is 5.91 Å². The van der Waals surface area contributed by atoms with Gasteiger partial charge in [0.25, 0.3) is 0 Å². The first kappa shape index (κ1) is 24.6. The molecule has 2 aromatic rings. The Kier molecular flexibility index (Phi) is 7.31. The number of carbonyl (C=O) groups is 3. The summed E-state index contributed by atoms with van der Waals surface area (Å²) in [7, 11) is 0. The maximum absolute atomic E-state index is 13.5. The number of aryl methyl sites for hydroxylation is 1. The summed E-state index contributed by atoms with van der Waals surface area (Å²) < 4.78 is 19.2. The van der Waals surface area contributed by atoms with Crippen LogP contribution in [0.4, 0.5) is 4.39 Å². The van der Waals surface area contributed by atoms with E-state index in [9.17, 15) is 23.9 Å². The van der Waals surface area contributed by atoms with Crippen LogP contribution in [0.1, 0.15) is 48.2 Å². The summed E-state index contributed by atoms with van der Waals surface area (Å²) in [5.74, 6) is -1.39. The summed E-state index contributed by atoms with van der Waals surface area (Å²) in [6.45, 7) is 4.18. The number of hydrogen-bond acceptors (Lipinski definition) is 5. The maximum atomic E-state index is 13.5. The van der Waals surface area contributed by atoms with Gasteiger partial charge < -0.3 is 20.1 Å². The van der Waals surface area contributed by atoms with Crippen LogP contribution in [0.2, 0.25) is 0 Å². The van der Waals surface area contributed by atoms with E-state index in [1.54, 1.807) is 4.90 Å². The number of fused-ring (bicyclic) bond motifs is 2. The Bertz CT molecular complexity index is 1170. The second-order valence-electron chi connectivity index (χ2n) is 9.09. The second kappa shape index (κ2) is 10.4. The first-order valence-corrected chi connectivity index (χ1v) is 11.7. The Balaban J connectivity index is 1.41. The van der Waals surface area contributed by atoms with Crippen LogP contribution in [-0.4, -0.2) is 59.4 Å². The lowest BCUT2D eigenvalue weighted by Gasteiger charge is -2.43. The zero-order valence-corrected chi connectivity index (χ0v) is 19.8. The van der Waals surface area contributed by atoms with Gasteiger partial charge in [-0.1, -0.05) is 24.3 Å². The average Bonchev–Trinajstić information content (AvgIpc) is 2.81. The number of nitrogens with zero attached hydrogens (tertiary/aromatic N) is 1. The molecule has 8 heteroatoms. The number of halogens is 1. The van der Waals surface area contributed by atoms with Gasteiger partial charge >= 0.3 is 5.97 Å². The fourth-order valence-corrected chi connectivity index (χ4v) is 4.86. The van der Waals surface area contributed by atoms with Crippen LogP contribution < -0.4 is 10.1 Å². The third kappa shape index (κ3) is 5.59. The molecule has 2 N–H and O–H groups in total. The largest absolute Gasteiger partial charge is 0.493 e. The molecule has 0 spiro atoms. The standard InChI is InChI=1S/C27H29FN2O5/c1-16(31)22-10-9-20(28)12-25(22)35-11-3-4-18-5-7-19(8-6-18)23-13-21-14-30(17(2)32)15-24(29-21)26(23)27(33)34/h5-10,12,21,24,29H,3-4,11,13-15H2,1-2H3,(H,33,34). The fourth-order valence-electron chi connectivity index (χ4n) is 4.86. The molecule has 0 aliphatic carbocycles. The van der Waals surface area contributed by atoms with E-state index in [1.165, 1.54) is 32.0 Å². The summed E-state index contributed by atoms with van der Waals surface area (Å²) in [5.41, 5.74) is 3.44. The summed E-state index contributed by atoms with van der Waals surface area (Å²) in [5, 5.41) is 13.3. The molecule has 2 atom stereocenters. The fraction of sp³-hybridized carbons (Fsp3) is 0.370. The van der Waals surface area contributed by atoms with Crippen molar-refractivity contribution in [2.45, 2.75) is 45.2 Å². The molecule has 1 fully saturated rings. The van der Waals surface area contributed by atoms with Crippen LogP contribution >= 0.6 is 0 Å². The molecule has 2 unspecified atom stereocenters. The third-order valence-corrected chi connectivity index (χ3v) is 6.57. The van der Waals surface area contributed by atoms with Crippen molar-refractivity contribution in [3.05, 3.63) is 70.5 Å². The van der Waals surface area contributed by atoms with Crippen LogP contribution in [0.3, 0.4) is 0 Å². The van der Waals surface area contributed by atoms with E-state index in [-0.39, 0.29) is 23.5 Å². The lowest BCUT2D eigenvalue weighted by molar-refractivity contribution is -0.135. The average molecular weight is 481 g/mol. The van der Waals surface area contributed by atoms with Crippen molar-refractivity contribution in [3.63, 3.8) is 0 Å². The normalized spacial score (nSPS) is 19.5. The highest BCUT2D eigenvalue weighted by Gasteiger charge is 2.39. The highest BCUT2D eigenvalue weighted by atomic mass is 19.1. The van der Waals surface area contributed by atoms with Crippen molar-refractivity contribution in [2.24, 2.45) is 0 Å². The van der Waals surface area contributed by atoms with Gasteiger partial charge in [0, 0.05) is 32.1 Å². The van der Waals surface area contributed by atoms with Crippen molar-refractivity contribution in [1.82, 2.24) is 10.2 Å². The van der Waals surface area contributed by atoms with E-state index in [2.05, 4.69) is 5.32 Å². The summed E-state index contributed by atoms with van der Waals surface area (Å²) in [6.07, 6.45) is 1.93. The Morgan fingerprint density at radius 1 is 1.11 bits per heavy atom. The second-order valence-corrected chi connectivity index (χ2v) is 9.09. The number of Topliss-reactive ketones (excluding diaryl/α,β-unsaturated/α-hetero) is 1. The Morgan fingerprint density at radius 3 is 2.51 bits per heavy atom. The number of nitrogens with one attached hydrogen (secondary N) is 1. The lowest BCUT2D eigenvalue weighted by Crippen LogP contribution is -2.61. The van der Waals surface area contributed by atoms with Crippen molar-refractivity contribution in [3.8, 4) is 5.75 Å². The number of aliphatic carboxylic acids is 1. The zero-order valence-electron chi connectivity index (χ0n) is 19.8. The minimum Gasteiger partial charge on any atom is -0.493 e. The van der Waals surface area contributed by atoms with Gasteiger partial charge in [-0.15, -0.1) is 0 Å². The molecule has 0 aromatic heterocycles. The zero-order chi connectivity index (χ0) is 25.1. The highest BCUT2D eigenvalue weighted by Crippen LogP contribution is 2.33. The highest BCUT2D eigenvalue weighted by molar-refractivity contribution is 5.99. The summed E-state index contributed by atoms with van der Waals surface area (Å²) >= 11 is 0. The molecule has 7 nitrogen and oxygen atoms in total. The summed E-state index contributed by atoms with van der Waals surface area (Å²) in [6, 6.07) is 11.4. The lowest BCUT2D eigenvalue weighted by atomic mass is 9.83. The SMILES string of the molecule is CC(=O)c1ccc(F)cc1OCCCc1ccc(C2=C(C(=O)O)C3CN(C(C)=O)CC(C2)N3)cc1. The van der Waals surface area contributed by atoms with Gasteiger partial charge in [0.1, 0.15) is 11.6 Å². The van der Waals surface area contributed by atoms with Crippen LogP contribution in [0, 0.1) is 5.82 Å². The number of benzene rings is 2. The van der Waals surface area contributed by atoms with E-state index in [0.29, 0.717) is 43.7 Å². The minimum absolute atomic E-state index is 0.0234. The number of piperazine rings is 1. The van der Waals surface area contributed by atoms with Crippen molar-refractivity contribution < 1.29 is 28.6 Å². The number of rotatable bonds is 8. The molecule has 0 radical (unpaired) electrons. The number of ether oxygens (including phenoxy) is 1. The molecule has 2 aliphatic rings. The van der Waals surface area contributed by atoms with E-state index < -0.39 is 17.8 Å². The monoisotopic (exact) mass is 480 g/mol. The minimum atomic E-state index is -0.968. The molecule has 2 aromatic carbocycles. The molecular weight excluding hydrogens is 451 g/mol. The number of carboxylic acids is 1. The van der Waals surface area contributed by atoms with Gasteiger partial charge in [-0.25, -0.2) is 9.18 Å². The first-order valence-electron chi connectivity index (χ1n) is 11.7. The quantitative estimate of drug-likeness (QED) is 0.444. The van der Waals surface area contributed by atoms with Crippen molar-refractivity contribution in [1.29, 1.82) is 0 Å². The van der Waals surface area contributed by atoms with E-state index in [1.807, 2.05) is 24.3 Å². The Morgan fingerprint density at radius 2 is 1.86 bits per heavy atom. The number of amides is 1. The first-order chi connectivity index (χ1) is 16.7. The molecule has 2 aliphatic heterocycles. The van der Waals surface area contributed by atoms with E-state index in [0.717, 1.165) is 23.1 Å². The van der Waals surface area contributed by atoms with Crippen LogP contribution in [-0.2, 0) is 16.0 Å². The van der Waals surface area contributed by atoms with E-state index in [4.69, 9.17) is 4.74 Å².